The lowest BCUT2D eigenvalue weighted by atomic mass is 9.89. The minimum absolute atomic E-state index is 0.229. The van der Waals surface area contributed by atoms with E-state index >= 15 is 0 Å². The SMILES string of the molecule is CCC(CC(N)=O)c1cccc(N(C)C)c1C. The van der Waals surface area contributed by atoms with Crippen LogP contribution in [0.1, 0.15) is 36.8 Å². The molecule has 17 heavy (non-hydrogen) atoms. The summed E-state index contributed by atoms with van der Waals surface area (Å²) in [4.78, 5) is 13.2. The van der Waals surface area contributed by atoms with Gasteiger partial charge in [0.25, 0.3) is 0 Å². The molecule has 0 saturated carbocycles. The summed E-state index contributed by atoms with van der Waals surface area (Å²) < 4.78 is 0. The molecule has 0 aromatic heterocycles. The number of carbonyl (C=O) groups is 1. The zero-order chi connectivity index (χ0) is 13.0. The smallest absolute Gasteiger partial charge is 0.218 e. The molecule has 0 bridgehead atoms. The number of nitrogens with two attached hydrogens (primary N) is 1. The average Bonchev–Trinajstić information content (AvgIpc) is 2.26. The summed E-state index contributed by atoms with van der Waals surface area (Å²) in [5, 5.41) is 0. The van der Waals surface area contributed by atoms with Gasteiger partial charge in [0.1, 0.15) is 0 Å². The fraction of sp³-hybridized carbons (Fsp3) is 0.500. The highest BCUT2D eigenvalue weighted by Gasteiger charge is 2.16. The third-order valence-corrected chi connectivity index (χ3v) is 3.21. The first kappa shape index (κ1) is 13.6. The molecule has 0 aliphatic rings. The van der Waals surface area contributed by atoms with Gasteiger partial charge in [-0.1, -0.05) is 19.1 Å². The molecule has 0 aliphatic heterocycles. The van der Waals surface area contributed by atoms with Gasteiger partial charge in [0.2, 0.25) is 5.91 Å². The average molecular weight is 234 g/mol. The second kappa shape index (κ2) is 5.71. The predicted octanol–water partition coefficient (Wildman–Crippen LogP) is 2.43. The fourth-order valence-corrected chi connectivity index (χ4v) is 2.28. The van der Waals surface area contributed by atoms with Gasteiger partial charge in [-0.3, -0.25) is 4.79 Å². The molecule has 1 rings (SSSR count). The summed E-state index contributed by atoms with van der Waals surface area (Å²) in [6, 6.07) is 6.23. The summed E-state index contributed by atoms with van der Waals surface area (Å²) in [5.74, 6) is -0.00101. The van der Waals surface area contributed by atoms with Crippen LogP contribution in [-0.4, -0.2) is 20.0 Å². The number of carbonyl (C=O) groups excluding carboxylic acids is 1. The third kappa shape index (κ3) is 3.22. The Morgan fingerprint density at radius 3 is 2.53 bits per heavy atom. The summed E-state index contributed by atoms with van der Waals surface area (Å²) in [6.07, 6.45) is 1.36. The van der Waals surface area contributed by atoms with Crippen molar-refractivity contribution in [3.63, 3.8) is 0 Å². The number of hydrogen-bond donors (Lipinski definition) is 1. The van der Waals surface area contributed by atoms with Gasteiger partial charge in [0.15, 0.2) is 0 Å². The number of primary amides is 1. The highest BCUT2D eigenvalue weighted by Crippen LogP contribution is 2.30. The monoisotopic (exact) mass is 234 g/mol. The van der Waals surface area contributed by atoms with Gasteiger partial charge in [-0.2, -0.15) is 0 Å². The van der Waals surface area contributed by atoms with Crippen LogP contribution < -0.4 is 10.6 Å². The normalized spacial score (nSPS) is 12.2. The molecule has 0 heterocycles. The van der Waals surface area contributed by atoms with Crippen molar-refractivity contribution in [2.45, 2.75) is 32.6 Å². The molecule has 0 saturated heterocycles. The highest BCUT2D eigenvalue weighted by molar-refractivity contribution is 5.75. The number of anilines is 1. The molecule has 1 aromatic rings. The Morgan fingerprint density at radius 2 is 2.06 bits per heavy atom. The van der Waals surface area contributed by atoms with E-state index in [9.17, 15) is 4.79 Å². The first-order valence-corrected chi connectivity index (χ1v) is 6.02. The molecular formula is C14H22N2O. The minimum Gasteiger partial charge on any atom is -0.377 e. The minimum atomic E-state index is -0.230. The van der Waals surface area contributed by atoms with Crippen LogP contribution in [0.5, 0.6) is 0 Å². The first-order valence-electron chi connectivity index (χ1n) is 6.02. The van der Waals surface area contributed by atoms with Gasteiger partial charge in [-0.05, 0) is 36.5 Å². The van der Waals surface area contributed by atoms with E-state index in [1.54, 1.807) is 0 Å². The van der Waals surface area contributed by atoms with E-state index in [-0.39, 0.29) is 11.8 Å². The Kier molecular flexibility index (Phi) is 4.55. The zero-order valence-corrected chi connectivity index (χ0v) is 11.2. The van der Waals surface area contributed by atoms with Crippen LogP contribution >= 0.6 is 0 Å². The molecule has 1 amide bonds. The number of benzene rings is 1. The summed E-state index contributed by atoms with van der Waals surface area (Å²) in [7, 11) is 4.06. The third-order valence-electron chi connectivity index (χ3n) is 3.21. The van der Waals surface area contributed by atoms with E-state index in [2.05, 4.69) is 30.9 Å². The largest absolute Gasteiger partial charge is 0.377 e. The maximum atomic E-state index is 11.1. The molecule has 0 aliphatic carbocycles. The van der Waals surface area contributed by atoms with Crippen LogP contribution in [0.4, 0.5) is 5.69 Å². The standard InChI is InChI=1S/C14H22N2O/c1-5-11(9-14(15)17)12-7-6-8-13(10(12)2)16(3)4/h6-8,11H,5,9H2,1-4H3,(H2,15,17). The van der Waals surface area contributed by atoms with E-state index in [1.807, 2.05) is 20.2 Å². The number of nitrogens with zero attached hydrogens (tertiary/aromatic N) is 1. The van der Waals surface area contributed by atoms with Crippen molar-refractivity contribution in [1.29, 1.82) is 0 Å². The molecule has 0 fully saturated rings. The highest BCUT2D eigenvalue weighted by atomic mass is 16.1. The van der Waals surface area contributed by atoms with E-state index in [1.165, 1.54) is 16.8 Å². The quantitative estimate of drug-likeness (QED) is 0.850. The van der Waals surface area contributed by atoms with Crippen molar-refractivity contribution in [3.8, 4) is 0 Å². The van der Waals surface area contributed by atoms with Crippen molar-refractivity contribution in [2.75, 3.05) is 19.0 Å². The van der Waals surface area contributed by atoms with Gasteiger partial charge in [0.05, 0.1) is 0 Å². The van der Waals surface area contributed by atoms with Crippen LogP contribution in [0.15, 0.2) is 18.2 Å². The van der Waals surface area contributed by atoms with Crippen molar-refractivity contribution >= 4 is 11.6 Å². The van der Waals surface area contributed by atoms with Crippen LogP contribution in [0.2, 0.25) is 0 Å². The first-order chi connectivity index (χ1) is 7.97. The maximum Gasteiger partial charge on any atom is 0.218 e. The zero-order valence-electron chi connectivity index (χ0n) is 11.2. The molecule has 3 nitrogen and oxygen atoms in total. The van der Waals surface area contributed by atoms with Gasteiger partial charge >= 0.3 is 0 Å². The van der Waals surface area contributed by atoms with Gasteiger partial charge in [-0.15, -0.1) is 0 Å². The molecule has 1 aromatic carbocycles. The second-order valence-electron chi connectivity index (χ2n) is 4.66. The molecule has 0 spiro atoms. The number of rotatable bonds is 5. The molecule has 1 unspecified atom stereocenters. The second-order valence-corrected chi connectivity index (χ2v) is 4.66. The summed E-state index contributed by atoms with van der Waals surface area (Å²) in [6.45, 7) is 4.20. The molecule has 0 radical (unpaired) electrons. The Labute approximate surface area is 104 Å². The van der Waals surface area contributed by atoms with Crippen molar-refractivity contribution in [3.05, 3.63) is 29.3 Å². The lowest BCUT2D eigenvalue weighted by molar-refractivity contribution is -0.118. The van der Waals surface area contributed by atoms with Gasteiger partial charge in [0, 0.05) is 26.2 Å². The summed E-state index contributed by atoms with van der Waals surface area (Å²) >= 11 is 0. The summed E-state index contributed by atoms with van der Waals surface area (Å²) in [5.41, 5.74) is 8.98. The van der Waals surface area contributed by atoms with Crippen LogP contribution in [-0.2, 0) is 4.79 Å². The van der Waals surface area contributed by atoms with Gasteiger partial charge in [-0.25, -0.2) is 0 Å². The van der Waals surface area contributed by atoms with Crippen LogP contribution in [0.25, 0.3) is 0 Å². The molecule has 94 valence electrons. The van der Waals surface area contributed by atoms with Crippen molar-refractivity contribution in [1.82, 2.24) is 0 Å². The topological polar surface area (TPSA) is 46.3 Å². The van der Waals surface area contributed by atoms with E-state index < -0.39 is 0 Å². The number of amides is 1. The van der Waals surface area contributed by atoms with Gasteiger partial charge < -0.3 is 10.6 Å². The Balaban J connectivity index is 3.11. The Bertz CT molecular complexity index is 399. The lowest BCUT2D eigenvalue weighted by Crippen LogP contribution is -2.17. The van der Waals surface area contributed by atoms with Crippen molar-refractivity contribution in [2.24, 2.45) is 5.73 Å². The lowest BCUT2D eigenvalue weighted by Gasteiger charge is -2.22. The molecule has 2 N–H and O–H groups in total. The maximum absolute atomic E-state index is 11.1. The number of hydrogen-bond acceptors (Lipinski definition) is 2. The van der Waals surface area contributed by atoms with E-state index in [4.69, 9.17) is 5.73 Å². The molecule has 3 heteroatoms. The molecular weight excluding hydrogens is 212 g/mol. The van der Waals surface area contributed by atoms with Crippen LogP contribution in [0, 0.1) is 6.92 Å². The van der Waals surface area contributed by atoms with Crippen molar-refractivity contribution < 1.29 is 4.79 Å². The van der Waals surface area contributed by atoms with Crippen LogP contribution in [0.3, 0.4) is 0 Å². The Morgan fingerprint density at radius 1 is 1.41 bits per heavy atom. The predicted molar refractivity (Wildman–Crippen MR) is 72.3 cm³/mol. The van der Waals surface area contributed by atoms with E-state index in [0.29, 0.717) is 6.42 Å². The Hall–Kier alpha value is -1.51. The van der Waals surface area contributed by atoms with E-state index in [0.717, 1.165) is 6.42 Å². The molecule has 1 atom stereocenters. The fourth-order valence-electron chi connectivity index (χ4n) is 2.28.